The third-order valence-electron chi connectivity index (χ3n) is 6.60. The monoisotopic (exact) mass is 571 g/mol. The third kappa shape index (κ3) is 4.97. The van der Waals surface area contributed by atoms with Gasteiger partial charge in [-0.25, -0.2) is 4.98 Å². The molecule has 5 aromatic rings. The zero-order valence-corrected chi connectivity index (χ0v) is 22.1. The second-order valence-corrected chi connectivity index (χ2v) is 10.4. The first kappa shape index (κ1) is 23.7. The van der Waals surface area contributed by atoms with Crippen LogP contribution in [0.2, 0.25) is 5.02 Å². The summed E-state index contributed by atoms with van der Waals surface area (Å²) in [5, 5.41) is 11.7. The molecule has 37 heavy (non-hydrogen) atoms. The van der Waals surface area contributed by atoms with Crippen LogP contribution in [0.25, 0.3) is 16.9 Å². The molecule has 0 saturated heterocycles. The first-order valence-electron chi connectivity index (χ1n) is 12.0. The van der Waals surface area contributed by atoms with Gasteiger partial charge in [-0.3, -0.25) is 4.79 Å². The van der Waals surface area contributed by atoms with Crippen LogP contribution >= 0.6 is 27.5 Å². The molecule has 0 spiro atoms. The Kier molecular flexibility index (Phi) is 6.40. The van der Waals surface area contributed by atoms with E-state index in [1.165, 1.54) is 5.56 Å². The lowest BCUT2D eigenvalue weighted by molar-refractivity contribution is -0.117. The molecule has 184 valence electrons. The fourth-order valence-corrected chi connectivity index (χ4v) is 5.19. The average Bonchev–Trinajstić information content (AvgIpc) is 3.65. The molecule has 1 aliphatic carbocycles. The second-order valence-electron chi connectivity index (χ2n) is 9.14. The summed E-state index contributed by atoms with van der Waals surface area (Å²) in [6.07, 6.45) is 2.61. The second kappa shape index (κ2) is 10.00. The largest absolute Gasteiger partial charge is 0.366 e. The van der Waals surface area contributed by atoms with Gasteiger partial charge in [0.1, 0.15) is 5.82 Å². The Labute approximate surface area is 227 Å². The molecule has 1 saturated carbocycles. The number of anilines is 2. The quantitative estimate of drug-likeness (QED) is 0.217. The van der Waals surface area contributed by atoms with Crippen LogP contribution in [-0.2, 0) is 11.3 Å². The van der Waals surface area contributed by atoms with Crippen LogP contribution in [0.15, 0.2) is 95.6 Å². The number of rotatable bonds is 7. The summed E-state index contributed by atoms with van der Waals surface area (Å²) in [4.78, 5) is 17.6. The molecule has 6 rings (SSSR count). The molecular weight excluding hydrogens is 550 g/mol. The number of amides is 1. The molecule has 2 N–H and O–H groups in total. The van der Waals surface area contributed by atoms with Gasteiger partial charge in [-0.05, 0) is 57.6 Å². The Morgan fingerprint density at radius 1 is 1.03 bits per heavy atom. The molecule has 3 aromatic carbocycles. The van der Waals surface area contributed by atoms with Crippen LogP contribution in [0.5, 0.6) is 0 Å². The van der Waals surface area contributed by atoms with E-state index in [4.69, 9.17) is 16.6 Å². The predicted molar refractivity (Wildman–Crippen MR) is 151 cm³/mol. The van der Waals surface area contributed by atoms with Crippen molar-refractivity contribution in [3.63, 3.8) is 0 Å². The van der Waals surface area contributed by atoms with Crippen LogP contribution in [0.3, 0.4) is 0 Å². The molecule has 8 heteroatoms. The van der Waals surface area contributed by atoms with Gasteiger partial charge in [-0.1, -0.05) is 72.3 Å². The highest BCUT2D eigenvalue weighted by Crippen LogP contribution is 2.47. The SMILES string of the molecule is O=C(Nc1cccc(CNc2cc(-c3ccccc3Cl)nc3c(Br)cnn23)c1)C1CC1c1ccccc1. The zero-order chi connectivity index (χ0) is 25.4. The highest BCUT2D eigenvalue weighted by molar-refractivity contribution is 9.10. The number of hydrogen-bond acceptors (Lipinski definition) is 4. The molecular formula is C29H23BrClN5O. The maximum absolute atomic E-state index is 12.8. The van der Waals surface area contributed by atoms with E-state index in [2.05, 4.69) is 43.8 Å². The van der Waals surface area contributed by atoms with Crippen molar-refractivity contribution in [3.8, 4) is 11.3 Å². The summed E-state index contributed by atoms with van der Waals surface area (Å²) < 4.78 is 2.55. The predicted octanol–water partition coefficient (Wildman–Crippen LogP) is 7.17. The number of benzene rings is 3. The number of nitrogens with zero attached hydrogens (tertiary/aromatic N) is 3. The first-order chi connectivity index (χ1) is 18.1. The molecule has 0 radical (unpaired) electrons. The standard InChI is InChI=1S/C29H23BrClN5O/c30-24-17-33-36-27(15-26(35-28(24)36)21-11-4-5-12-25(21)31)32-16-18-7-6-10-20(13-18)34-29(37)23-14-22(23)19-8-2-1-3-9-19/h1-13,15,17,22-23,32H,14,16H2,(H,34,37). The molecule has 2 aromatic heterocycles. The van der Waals surface area contributed by atoms with Gasteiger partial charge in [0, 0.05) is 34.8 Å². The summed E-state index contributed by atoms with van der Waals surface area (Å²) >= 11 is 9.99. The average molecular weight is 573 g/mol. The number of nitrogens with one attached hydrogen (secondary N) is 2. The van der Waals surface area contributed by atoms with Crippen LogP contribution in [0.1, 0.15) is 23.5 Å². The van der Waals surface area contributed by atoms with E-state index in [1.54, 1.807) is 10.7 Å². The van der Waals surface area contributed by atoms with Crippen molar-refractivity contribution in [2.24, 2.45) is 5.92 Å². The molecule has 1 aliphatic rings. The van der Waals surface area contributed by atoms with Crippen LogP contribution in [-0.4, -0.2) is 20.5 Å². The number of aromatic nitrogens is 3. The normalized spacial score (nSPS) is 16.5. The zero-order valence-electron chi connectivity index (χ0n) is 19.7. The summed E-state index contributed by atoms with van der Waals surface area (Å²) in [5.41, 5.74) is 5.34. The van der Waals surface area contributed by atoms with Gasteiger partial charge in [-0.15, -0.1) is 0 Å². The van der Waals surface area contributed by atoms with Crippen molar-refractivity contribution < 1.29 is 4.79 Å². The van der Waals surface area contributed by atoms with Gasteiger partial charge in [0.05, 0.1) is 16.4 Å². The van der Waals surface area contributed by atoms with Crippen molar-refractivity contribution in [1.82, 2.24) is 14.6 Å². The molecule has 1 fully saturated rings. The molecule has 0 aliphatic heterocycles. The Balaban J connectivity index is 1.18. The van der Waals surface area contributed by atoms with E-state index in [9.17, 15) is 4.79 Å². The number of hydrogen-bond donors (Lipinski definition) is 2. The van der Waals surface area contributed by atoms with Crippen LogP contribution < -0.4 is 10.6 Å². The number of fused-ring (bicyclic) bond motifs is 1. The molecule has 0 bridgehead atoms. The Morgan fingerprint density at radius 2 is 1.84 bits per heavy atom. The van der Waals surface area contributed by atoms with E-state index in [0.717, 1.165) is 39.2 Å². The van der Waals surface area contributed by atoms with E-state index in [1.807, 2.05) is 72.8 Å². The lowest BCUT2D eigenvalue weighted by Gasteiger charge is -2.13. The highest BCUT2D eigenvalue weighted by atomic mass is 79.9. The first-order valence-corrected chi connectivity index (χ1v) is 13.2. The number of halogens is 2. The third-order valence-corrected chi connectivity index (χ3v) is 7.49. The maximum Gasteiger partial charge on any atom is 0.228 e. The van der Waals surface area contributed by atoms with Crippen molar-refractivity contribution in [2.45, 2.75) is 18.9 Å². The smallest absolute Gasteiger partial charge is 0.228 e. The molecule has 2 atom stereocenters. The Morgan fingerprint density at radius 3 is 2.68 bits per heavy atom. The van der Waals surface area contributed by atoms with E-state index < -0.39 is 0 Å². The number of carbonyl (C=O) groups excluding carboxylic acids is 1. The minimum Gasteiger partial charge on any atom is -0.366 e. The Hall–Kier alpha value is -3.68. The van der Waals surface area contributed by atoms with Gasteiger partial charge in [-0.2, -0.15) is 9.61 Å². The Bertz CT molecular complexity index is 1600. The summed E-state index contributed by atoms with van der Waals surface area (Å²) in [5.74, 6) is 1.18. The molecule has 2 unspecified atom stereocenters. The van der Waals surface area contributed by atoms with Gasteiger partial charge in [0.2, 0.25) is 5.91 Å². The van der Waals surface area contributed by atoms with Crippen molar-refractivity contribution >= 4 is 50.6 Å². The maximum atomic E-state index is 12.8. The summed E-state index contributed by atoms with van der Waals surface area (Å²) in [6.45, 7) is 0.540. The van der Waals surface area contributed by atoms with E-state index in [-0.39, 0.29) is 11.8 Å². The van der Waals surface area contributed by atoms with Gasteiger partial charge in [0.25, 0.3) is 0 Å². The van der Waals surface area contributed by atoms with Crippen LogP contribution in [0, 0.1) is 5.92 Å². The number of carbonyl (C=O) groups is 1. The van der Waals surface area contributed by atoms with Gasteiger partial charge >= 0.3 is 0 Å². The minimum atomic E-state index is 0.0239. The fourth-order valence-electron chi connectivity index (χ4n) is 4.61. The molecule has 2 heterocycles. The molecule has 1 amide bonds. The van der Waals surface area contributed by atoms with Crippen molar-refractivity contribution in [1.29, 1.82) is 0 Å². The van der Waals surface area contributed by atoms with E-state index in [0.29, 0.717) is 23.1 Å². The van der Waals surface area contributed by atoms with Crippen molar-refractivity contribution in [2.75, 3.05) is 10.6 Å². The topological polar surface area (TPSA) is 71.3 Å². The van der Waals surface area contributed by atoms with Crippen LogP contribution in [0.4, 0.5) is 11.5 Å². The van der Waals surface area contributed by atoms with Gasteiger partial charge < -0.3 is 10.6 Å². The molecule has 6 nitrogen and oxygen atoms in total. The summed E-state index contributed by atoms with van der Waals surface area (Å²) in [7, 11) is 0. The minimum absolute atomic E-state index is 0.0239. The van der Waals surface area contributed by atoms with Gasteiger partial charge in [0.15, 0.2) is 5.65 Å². The van der Waals surface area contributed by atoms with Crippen molar-refractivity contribution in [3.05, 3.63) is 112 Å². The van der Waals surface area contributed by atoms with E-state index >= 15 is 0 Å². The fraction of sp³-hybridized carbons (Fsp3) is 0.138. The lowest BCUT2D eigenvalue weighted by Crippen LogP contribution is -2.15. The highest BCUT2D eigenvalue weighted by Gasteiger charge is 2.43. The lowest BCUT2D eigenvalue weighted by atomic mass is 10.1. The summed E-state index contributed by atoms with van der Waals surface area (Å²) in [6, 6.07) is 27.7.